The maximum Gasteiger partial charge on any atom is 0.306 e. The summed E-state index contributed by atoms with van der Waals surface area (Å²) in [4.78, 5) is 18.5. The monoisotopic (exact) mass is 486 g/mol. The fourth-order valence-electron chi connectivity index (χ4n) is 8.11. The highest BCUT2D eigenvalue weighted by Gasteiger charge is 2.59. The lowest BCUT2D eigenvalue weighted by molar-refractivity contribution is -0.168. The minimum Gasteiger partial charge on any atom is -0.462 e. The van der Waals surface area contributed by atoms with E-state index in [1.54, 1.807) is 0 Å². The van der Waals surface area contributed by atoms with E-state index in [9.17, 15) is 4.79 Å². The van der Waals surface area contributed by atoms with Gasteiger partial charge in [0.05, 0.1) is 0 Å². The standard InChI is InChI=1S/C32H42N2O2/c35-30(16-11-19-33-17-7-8-18-33)36-29-24-32(34-20-9-10-21-34)22-27(25-12-3-1-4-13-25)31(29)28(23-32)26-14-5-2-6-15-26/h1-6,12-15,27-29,31H,7-11,16-24H2. The molecule has 0 aromatic heterocycles. The molecule has 36 heavy (non-hydrogen) atoms. The van der Waals surface area contributed by atoms with Crippen molar-refractivity contribution >= 4 is 5.97 Å². The van der Waals surface area contributed by atoms with E-state index >= 15 is 0 Å². The Morgan fingerprint density at radius 3 is 1.92 bits per heavy atom. The van der Waals surface area contributed by atoms with Crippen LogP contribution < -0.4 is 0 Å². The molecule has 0 radical (unpaired) electrons. The SMILES string of the molecule is O=C(CCCN1CCCC1)OC1CC2(N3CCCC3)CC(c3ccccc3)C1C(c1ccccc1)C2. The number of rotatable bonds is 8. The first-order valence-electron chi connectivity index (χ1n) is 14.5. The number of benzene rings is 2. The number of ether oxygens (including phenoxy) is 1. The molecule has 2 heterocycles. The Balaban J connectivity index is 1.28. The lowest BCUT2D eigenvalue weighted by atomic mass is 9.51. The Morgan fingerprint density at radius 2 is 1.33 bits per heavy atom. The summed E-state index contributed by atoms with van der Waals surface area (Å²) in [6.07, 6.45) is 10.0. The summed E-state index contributed by atoms with van der Waals surface area (Å²) in [6, 6.07) is 22.2. The third kappa shape index (κ3) is 4.87. The van der Waals surface area contributed by atoms with E-state index in [0.717, 1.165) is 19.4 Å². The van der Waals surface area contributed by atoms with Gasteiger partial charge in [0.1, 0.15) is 6.10 Å². The predicted octanol–water partition coefficient (Wildman–Crippen LogP) is 5.99. The first-order chi connectivity index (χ1) is 17.7. The number of hydrogen-bond acceptors (Lipinski definition) is 4. The highest BCUT2D eigenvalue weighted by atomic mass is 16.5. The van der Waals surface area contributed by atoms with E-state index < -0.39 is 0 Å². The van der Waals surface area contributed by atoms with Crippen LogP contribution in [0.15, 0.2) is 60.7 Å². The average Bonchev–Trinajstić information content (AvgIpc) is 3.65. The van der Waals surface area contributed by atoms with Crippen LogP contribution in [0.4, 0.5) is 0 Å². The van der Waals surface area contributed by atoms with Crippen molar-refractivity contribution in [1.29, 1.82) is 0 Å². The highest BCUT2D eigenvalue weighted by molar-refractivity contribution is 5.69. The first kappa shape index (κ1) is 24.2. The fourth-order valence-corrected chi connectivity index (χ4v) is 8.11. The van der Waals surface area contributed by atoms with E-state index in [2.05, 4.69) is 70.5 Å². The molecule has 4 nitrogen and oxygen atoms in total. The van der Waals surface area contributed by atoms with E-state index in [1.165, 1.54) is 75.8 Å². The zero-order valence-electron chi connectivity index (χ0n) is 21.7. The molecule has 3 unspecified atom stereocenters. The Kier molecular flexibility index (Phi) is 7.17. The van der Waals surface area contributed by atoms with Crippen LogP contribution in [0.25, 0.3) is 0 Å². The molecule has 0 N–H and O–H groups in total. The van der Waals surface area contributed by atoms with Gasteiger partial charge in [-0.05, 0) is 101 Å². The summed E-state index contributed by atoms with van der Waals surface area (Å²) in [5, 5.41) is 0. The molecular formula is C32H42N2O2. The molecule has 2 saturated heterocycles. The molecule has 0 amide bonds. The molecule has 192 valence electrons. The largest absolute Gasteiger partial charge is 0.462 e. The normalized spacial score (nSPS) is 32.7. The van der Waals surface area contributed by atoms with Crippen molar-refractivity contribution in [1.82, 2.24) is 9.80 Å². The van der Waals surface area contributed by atoms with Crippen LogP contribution in [0.1, 0.15) is 80.8 Å². The Bertz CT molecular complexity index is 948. The Hall–Kier alpha value is -2.17. The van der Waals surface area contributed by atoms with Crippen LogP contribution >= 0.6 is 0 Å². The summed E-state index contributed by atoms with van der Waals surface area (Å²) in [5.74, 6) is 1.19. The second-order valence-corrected chi connectivity index (χ2v) is 11.8. The van der Waals surface area contributed by atoms with Crippen molar-refractivity contribution in [3.8, 4) is 0 Å². The number of nitrogens with zero attached hydrogens (tertiary/aromatic N) is 2. The van der Waals surface area contributed by atoms with E-state index in [0.29, 0.717) is 24.2 Å². The molecule has 2 aromatic rings. The van der Waals surface area contributed by atoms with Gasteiger partial charge in [-0.25, -0.2) is 0 Å². The van der Waals surface area contributed by atoms with Crippen molar-refractivity contribution in [3.63, 3.8) is 0 Å². The van der Waals surface area contributed by atoms with Crippen molar-refractivity contribution < 1.29 is 9.53 Å². The summed E-state index contributed by atoms with van der Waals surface area (Å²) in [5.41, 5.74) is 2.95. The van der Waals surface area contributed by atoms with Gasteiger partial charge in [0, 0.05) is 24.3 Å². The van der Waals surface area contributed by atoms with Crippen LogP contribution in [-0.4, -0.2) is 60.1 Å². The van der Waals surface area contributed by atoms with Crippen LogP contribution in [0.3, 0.4) is 0 Å². The lowest BCUT2D eigenvalue weighted by Gasteiger charge is -2.61. The van der Waals surface area contributed by atoms with Crippen molar-refractivity contribution in [3.05, 3.63) is 71.8 Å². The van der Waals surface area contributed by atoms with Crippen LogP contribution in [0.5, 0.6) is 0 Å². The maximum absolute atomic E-state index is 13.2. The molecule has 5 fully saturated rings. The molecular weight excluding hydrogens is 444 g/mol. The van der Waals surface area contributed by atoms with E-state index in [4.69, 9.17) is 4.74 Å². The summed E-state index contributed by atoms with van der Waals surface area (Å²) in [6.45, 7) is 5.78. The zero-order chi connectivity index (χ0) is 24.4. The third-order valence-electron chi connectivity index (χ3n) is 9.71. The number of hydrogen-bond donors (Lipinski definition) is 0. The molecule has 2 bridgehead atoms. The summed E-state index contributed by atoms with van der Waals surface area (Å²) in [7, 11) is 0. The first-order valence-corrected chi connectivity index (χ1v) is 14.5. The van der Waals surface area contributed by atoms with Crippen molar-refractivity contribution in [2.45, 2.75) is 81.3 Å². The van der Waals surface area contributed by atoms with Crippen LogP contribution in [-0.2, 0) is 9.53 Å². The summed E-state index contributed by atoms with van der Waals surface area (Å²) >= 11 is 0. The molecule has 4 heteroatoms. The molecule has 3 atom stereocenters. The number of esters is 1. The number of fused-ring (bicyclic) bond motifs is 3. The van der Waals surface area contributed by atoms with Gasteiger partial charge < -0.3 is 9.64 Å². The van der Waals surface area contributed by atoms with Gasteiger partial charge in [-0.2, -0.15) is 0 Å². The molecule has 3 saturated carbocycles. The van der Waals surface area contributed by atoms with Gasteiger partial charge >= 0.3 is 5.97 Å². The number of carbonyl (C=O) groups is 1. The van der Waals surface area contributed by atoms with E-state index in [1.807, 2.05) is 0 Å². The van der Waals surface area contributed by atoms with E-state index in [-0.39, 0.29) is 17.6 Å². The minimum absolute atomic E-state index is 0.0113. The maximum atomic E-state index is 13.2. The molecule has 3 aliphatic carbocycles. The second-order valence-electron chi connectivity index (χ2n) is 11.8. The van der Waals surface area contributed by atoms with Gasteiger partial charge in [0.2, 0.25) is 0 Å². The quantitative estimate of drug-likeness (QED) is 0.429. The minimum atomic E-state index is -0.0113. The van der Waals surface area contributed by atoms with Gasteiger partial charge in [-0.15, -0.1) is 0 Å². The Labute approximate surface area is 217 Å². The molecule has 2 aromatic carbocycles. The lowest BCUT2D eigenvalue weighted by Crippen LogP contribution is -2.62. The molecule has 0 spiro atoms. The number of likely N-dealkylation sites (tertiary alicyclic amines) is 2. The summed E-state index contributed by atoms with van der Waals surface area (Å²) < 4.78 is 6.49. The van der Waals surface area contributed by atoms with Crippen LogP contribution in [0, 0.1) is 5.92 Å². The highest BCUT2D eigenvalue weighted by Crippen LogP contribution is 2.61. The van der Waals surface area contributed by atoms with Gasteiger partial charge in [0.25, 0.3) is 0 Å². The van der Waals surface area contributed by atoms with Crippen LogP contribution in [0.2, 0.25) is 0 Å². The smallest absolute Gasteiger partial charge is 0.306 e. The van der Waals surface area contributed by atoms with Gasteiger partial charge in [-0.3, -0.25) is 9.69 Å². The van der Waals surface area contributed by atoms with Crippen molar-refractivity contribution in [2.24, 2.45) is 5.92 Å². The average molecular weight is 487 g/mol. The topological polar surface area (TPSA) is 32.8 Å². The molecule has 5 aliphatic rings. The fraction of sp³-hybridized carbons (Fsp3) is 0.594. The second kappa shape index (κ2) is 10.7. The van der Waals surface area contributed by atoms with Gasteiger partial charge in [-0.1, -0.05) is 60.7 Å². The number of carbonyl (C=O) groups excluding carboxylic acids is 1. The third-order valence-corrected chi connectivity index (χ3v) is 9.71. The molecule has 7 rings (SSSR count). The zero-order valence-corrected chi connectivity index (χ0v) is 21.7. The predicted molar refractivity (Wildman–Crippen MR) is 144 cm³/mol. The van der Waals surface area contributed by atoms with Gasteiger partial charge in [0.15, 0.2) is 0 Å². The van der Waals surface area contributed by atoms with Crippen molar-refractivity contribution in [2.75, 3.05) is 32.7 Å². The Morgan fingerprint density at radius 1 is 0.778 bits per heavy atom. The molecule has 2 aliphatic heterocycles.